The lowest BCUT2D eigenvalue weighted by atomic mass is 10.1. The average molecular weight is 408 g/mol. The Kier molecular flexibility index (Phi) is 5.28. The molecule has 0 radical (unpaired) electrons. The van der Waals surface area contributed by atoms with Crippen molar-refractivity contribution < 1.29 is 27.2 Å². The van der Waals surface area contributed by atoms with Gasteiger partial charge in [-0.15, -0.1) is 11.3 Å². The Morgan fingerprint density at radius 1 is 1.04 bits per heavy atom. The summed E-state index contributed by atoms with van der Waals surface area (Å²) in [7, 11) is 0. The van der Waals surface area contributed by atoms with Gasteiger partial charge in [0.15, 0.2) is 5.76 Å². The number of rotatable bonds is 4. The Hall–Kier alpha value is -3.07. The molecule has 28 heavy (non-hydrogen) atoms. The highest BCUT2D eigenvalue weighted by molar-refractivity contribution is 7.14. The first-order chi connectivity index (χ1) is 13.1. The van der Waals surface area contributed by atoms with Crippen molar-refractivity contribution in [2.75, 3.05) is 10.6 Å². The van der Waals surface area contributed by atoms with Crippen molar-refractivity contribution in [3.63, 3.8) is 0 Å². The molecule has 2 aromatic heterocycles. The van der Waals surface area contributed by atoms with E-state index in [4.69, 9.17) is 4.42 Å². The molecular formula is C19H15F3N2O3S. The molecule has 0 atom stereocenters. The molecule has 0 spiro atoms. The molecular weight excluding hydrogens is 393 g/mol. The van der Waals surface area contributed by atoms with Crippen LogP contribution in [0.3, 0.4) is 0 Å². The summed E-state index contributed by atoms with van der Waals surface area (Å²) in [5, 5.41) is 4.64. The lowest BCUT2D eigenvalue weighted by molar-refractivity contribution is -0.136. The normalized spacial score (nSPS) is 11.3. The van der Waals surface area contributed by atoms with E-state index in [-0.39, 0.29) is 11.4 Å². The highest BCUT2D eigenvalue weighted by atomic mass is 32.1. The molecule has 2 N–H and O–H groups in total. The molecule has 1 aromatic carbocycles. The molecule has 3 rings (SSSR count). The summed E-state index contributed by atoms with van der Waals surface area (Å²) in [5.41, 5.74) is -0.642. The van der Waals surface area contributed by atoms with Gasteiger partial charge in [0.05, 0.1) is 22.4 Å². The van der Waals surface area contributed by atoms with Crippen LogP contribution in [0.2, 0.25) is 0 Å². The van der Waals surface area contributed by atoms with E-state index >= 15 is 0 Å². The lowest BCUT2D eigenvalue weighted by Gasteiger charge is -2.15. The number of amides is 2. The fourth-order valence-corrected chi connectivity index (χ4v) is 3.36. The number of aryl methyl sites for hydroxylation is 2. The minimum atomic E-state index is -4.73. The summed E-state index contributed by atoms with van der Waals surface area (Å²) in [5.74, 6) is -1.34. The molecule has 146 valence electrons. The number of alkyl halides is 3. The zero-order valence-corrected chi connectivity index (χ0v) is 15.6. The molecule has 0 unspecified atom stereocenters. The number of thiophene rings is 1. The molecule has 2 heterocycles. The fourth-order valence-electron chi connectivity index (χ4n) is 2.43. The van der Waals surface area contributed by atoms with Gasteiger partial charge in [0.1, 0.15) is 0 Å². The number of carbonyl (C=O) groups is 2. The smallest absolute Gasteiger partial charge is 0.418 e. The van der Waals surface area contributed by atoms with Crippen LogP contribution in [0, 0.1) is 13.8 Å². The van der Waals surface area contributed by atoms with E-state index in [1.54, 1.807) is 6.07 Å². The summed E-state index contributed by atoms with van der Waals surface area (Å²) in [6.45, 7) is 3.65. The minimum absolute atomic E-state index is 0.0330. The van der Waals surface area contributed by atoms with E-state index in [2.05, 4.69) is 10.6 Å². The van der Waals surface area contributed by atoms with E-state index in [1.807, 2.05) is 13.8 Å². The third kappa shape index (κ3) is 4.25. The van der Waals surface area contributed by atoms with Crippen LogP contribution >= 0.6 is 11.3 Å². The second kappa shape index (κ2) is 7.51. The summed E-state index contributed by atoms with van der Waals surface area (Å²) in [6.07, 6.45) is -3.45. The number of anilines is 2. The van der Waals surface area contributed by atoms with E-state index in [9.17, 15) is 22.8 Å². The Balaban J connectivity index is 1.86. The van der Waals surface area contributed by atoms with E-state index in [0.29, 0.717) is 4.88 Å². The predicted molar refractivity (Wildman–Crippen MR) is 99.9 cm³/mol. The number of hydrogen-bond acceptors (Lipinski definition) is 4. The minimum Gasteiger partial charge on any atom is -0.459 e. The summed E-state index contributed by atoms with van der Waals surface area (Å²) >= 11 is 1.20. The molecule has 2 amide bonds. The van der Waals surface area contributed by atoms with Crippen LogP contribution in [0.4, 0.5) is 24.5 Å². The maximum atomic E-state index is 13.5. The Labute approximate surface area is 162 Å². The van der Waals surface area contributed by atoms with Crippen LogP contribution in [-0.2, 0) is 6.18 Å². The Morgan fingerprint density at radius 3 is 2.36 bits per heavy atom. The molecule has 0 bridgehead atoms. The molecule has 0 aliphatic rings. The lowest BCUT2D eigenvalue weighted by Crippen LogP contribution is -2.17. The first-order valence-electron chi connectivity index (χ1n) is 8.09. The quantitative estimate of drug-likeness (QED) is 0.600. The van der Waals surface area contributed by atoms with Gasteiger partial charge in [0.25, 0.3) is 11.8 Å². The number of carbonyl (C=O) groups excluding carboxylic acids is 2. The SMILES string of the molecule is Cc1cc(C(=O)Nc2ccc(NC(=O)c3ccco3)cc2C(F)(F)F)sc1C. The van der Waals surface area contributed by atoms with Gasteiger partial charge in [0.2, 0.25) is 0 Å². The van der Waals surface area contributed by atoms with Crippen molar-refractivity contribution in [1.82, 2.24) is 0 Å². The highest BCUT2D eigenvalue weighted by Crippen LogP contribution is 2.37. The van der Waals surface area contributed by atoms with Crippen LogP contribution in [0.1, 0.15) is 36.2 Å². The van der Waals surface area contributed by atoms with Crippen LogP contribution in [0.5, 0.6) is 0 Å². The monoisotopic (exact) mass is 408 g/mol. The van der Waals surface area contributed by atoms with Crippen molar-refractivity contribution in [3.8, 4) is 0 Å². The van der Waals surface area contributed by atoms with Crippen molar-refractivity contribution in [3.05, 3.63) is 69.3 Å². The molecule has 0 fully saturated rings. The van der Waals surface area contributed by atoms with Crippen molar-refractivity contribution >= 4 is 34.5 Å². The van der Waals surface area contributed by atoms with Crippen LogP contribution < -0.4 is 10.6 Å². The highest BCUT2D eigenvalue weighted by Gasteiger charge is 2.34. The largest absolute Gasteiger partial charge is 0.459 e. The third-order valence-corrected chi connectivity index (χ3v) is 5.12. The summed E-state index contributed by atoms with van der Waals surface area (Å²) < 4.78 is 45.4. The molecule has 3 aromatic rings. The molecule has 0 aliphatic carbocycles. The van der Waals surface area contributed by atoms with Gasteiger partial charge in [-0.3, -0.25) is 9.59 Å². The van der Waals surface area contributed by atoms with Crippen LogP contribution in [-0.4, -0.2) is 11.8 Å². The number of benzene rings is 1. The zero-order chi connectivity index (χ0) is 20.5. The molecule has 0 saturated carbocycles. The fraction of sp³-hybridized carbons (Fsp3) is 0.158. The number of hydrogen-bond donors (Lipinski definition) is 2. The third-order valence-electron chi connectivity index (χ3n) is 3.97. The second-order valence-electron chi connectivity index (χ2n) is 5.99. The molecule has 5 nitrogen and oxygen atoms in total. The molecule has 0 saturated heterocycles. The van der Waals surface area contributed by atoms with Crippen molar-refractivity contribution in [1.29, 1.82) is 0 Å². The van der Waals surface area contributed by atoms with Crippen molar-refractivity contribution in [2.24, 2.45) is 0 Å². The predicted octanol–water partition coefficient (Wildman–Crippen LogP) is 5.48. The van der Waals surface area contributed by atoms with E-state index in [1.165, 1.54) is 35.8 Å². The average Bonchev–Trinajstić information content (AvgIpc) is 3.26. The number of halogens is 3. The van der Waals surface area contributed by atoms with E-state index in [0.717, 1.165) is 22.6 Å². The maximum Gasteiger partial charge on any atom is 0.418 e. The van der Waals surface area contributed by atoms with Gasteiger partial charge in [-0.2, -0.15) is 13.2 Å². The van der Waals surface area contributed by atoms with Gasteiger partial charge >= 0.3 is 6.18 Å². The second-order valence-corrected chi connectivity index (χ2v) is 7.25. The number of furan rings is 1. The van der Waals surface area contributed by atoms with Crippen molar-refractivity contribution in [2.45, 2.75) is 20.0 Å². The first-order valence-corrected chi connectivity index (χ1v) is 8.91. The maximum absolute atomic E-state index is 13.5. The topological polar surface area (TPSA) is 71.3 Å². The van der Waals surface area contributed by atoms with Gasteiger partial charge < -0.3 is 15.1 Å². The summed E-state index contributed by atoms with van der Waals surface area (Å²) in [4.78, 5) is 25.5. The molecule has 9 heteroatoms. The van der Waals surface area contributed by atoms with Gasteiger partial charge in [-0.05, 0) is 55.8 Å². The van der Waals surface area contributed by atoms with Gasteiger partial charge in [-0.1, -0.05) is 0 Å². The Bertz CT molecular complexity index is 1000. The number of nitrogens with one attached hydrogen (secondary N) is 2. The van der Waals surface area contributed by atoms with Gasteiger partial charge in [-0.25, -0.2) is 0 Å². The first kappa shape index (κ1) is 19.7. The van der Waals surface area contributed by atoms with Crippen LogP contribution in [0.15, 0.2) is 47.1 Å². The Morgan fingerprint density at radius 2 is 1.79 bits per heavy atom. The van der Waals surface area contributed by atoms with E-state index < -0.39 is 29.2 Å². The summed E-state index contributed by atoms with van der Waals surface area (Å²) in [6, 6.07) is 7.65. The molecule has 0 aliphatic heterocycles. The van der Waals surface area contributed by atoms with Crippen LogP contribution in [0.25, 0.3) is 0 Å². The standard InChI is InChI=1S/C19H15F3N2O3S/c1-10-8-16(28-11(10)2)18(26)24-14-6-5-12(9-13(14)19(20,21)22)23-17(25)15-4-3-7-27-15/h3-9H,1-2H3,(H,23,25)(H,24,26). The van der Waals surface area contributed by atoms with Gasteiger partial charge in [0, 0.05) is 10.6 Å². The zero-order valence-electron chi connectivity index (χ0n) is 14.8.